The minimum absolute atomic E-state index is 0.0326. The van der Waals surface area contributed by atoms with Crippen molar-refractivity contribution in [1.29, 1.82) is 0 Å². The number of hydrogen-bond donors (Lipinski definition) is 1. The number of rotatable bonds is 13. The van der Waals surface area contributed by atoms with E-state index in [0.29, 0.717) is 17.1 Å². The third-order valence-electron chi connectivity index (χ3n) is 7.23. The summed E-state index contributed by atoms with van der Waals surface area (Å²) in [5.41, 5.74) is 2.71. The van der Waals surface area contributed by atoms with Crippen LogP contribution in [0.1, 0.15) is 16.7 Å². The van der Waals surface area contributed by atoms with E-state index in [1.807, 2.05) is 43.3 Å². The summed E-state index contributed by atoms with van der Waals surface area (Å²) < 4.78 is 40.0. The van der Waals surface area contributed by atoms with Crippen molar-refractivity contribution in [1.82, 2.24) is 10.2 Å². The molecule has 4 aromatic rings. The Morgan fingerprint density at radius 2 is 1.41 bits per heavy atom. The van der Waals surface area contributed by atoms with Gasteiger partial charge in [-0.25, -0.2) is 8.42 Å². The number of benzene rings is 4. The lowest BCUT2D eigenvalue weighted by molar-refractivity contribution is -0.139. The zero-order chi connectivity index (χ0) is 31.7. The summed E-state index contributed by atoms with van der Waals surface area (Å²) in [6.07, 6.45) is 0.222. The van der Waals surface area contributed by atoms with Gasteiger partial charge >= 0.3 is 0 Å². The van der Waals surface area contributed by atoms with Crippen LogP contribution in [-0.2, 0) is 32.6 Å². The number of nitrogens with zero attached hydrogens (tertiary/aromatic N) is 2. The summed E-state index contributed by atoms with van der Waals surface area (Å²) in [6, 6.07) is 28.6. The second-order valence-electron chi connectivity index (χ2n) is 10.2. The molecule has 0 aliphatic heterocycles. The van der Waals surface area contributed by atoms with E-state index in [4.69, 9.17) is 9.47 Å². The summed E-state index contributed by atoms with van der Waals surface area (Å²) in [4.78, 5) is 29.3. The number of nitrogens with one attached hydrogen (secondary N) is 1. The molecule has 44 heavy (non-hydrogen) atoms. The molecule has 4 rings (SSSR count). The molecule has 0 heterocycles. The SMILES string of the molecule is CNC(=O)[C@@H](Cc1ccccc1)N(Cc1cccc(OC)c1)C(=O)CN(c1cccc(OC)c1)S(=O)(=O)c1ccc(C)cc1. The Morgan fingerprint density at radius 1 is 0.795 bits per heavy atom. The van der Waals surface area contributed by atoms with E-state index in [-0.39, 0.29) is 29.5 Å². The van der Waals surface area contributed by atoms with E-state index >= 15 is 0 Å². The first-order valence-electron chi connectivity index (χ1n) is 14.1. The number of carbonyl (C=O) groups is 2. The fraction of sp³-hybridized carbons (Fsp3) is 0.235. The molecule has 0 aliphatic rings. The zero-order valence-electron chi connectivity index (χ0n) is 25.3. The highest BCUT2D eigenvalue weighted by Gasteiger charge is 2.34. The Balaban J connectivity index is 1.81. The highest BCUT2D eigenvalue weighted by molar-refractivity contribution is 7.92. The number of ether oxygens (including phenoxy) is 2. The number of methoxy groups -OCH3 is 2. The fourth-order valence-corrected chi connectivity index (χ4v) is 6.23. The maximum atomic E-state index is 14.4. The number of sulfonamides is 1. The summed E-state index contributed by atoms with van der Waals surface area (Å²) >= 11 is 0. The van der Waals surface area contributed by atoms with Gasteiger partial charge in [0.1, 0.15) is 24.1 Å². The highest BCUT2D eigenvalue weighted by atomic mass is 32.2. The third kappa shape index (κ3) is 7.76. The molecule has 10 heteroatoms. The average molecular weight is 616 g/mol. The van der Waals surface area contributed by atoms with Crippen LogP contribution in [0, 0.1) is 6.92 Å². The van der Waals surface area contributed by atoms with Gasteiger partial charge in [-0.05, 0) is 54.4 Å². The minimum Gasteiger partial charge on any atom is -0.497 e. The molecular weight excluding hydrogens is 578 g/mol. The quantitative estimate of drug-likeness (QED) is 0.236. The molecular formula is C34H37N3O6S. The van der Waals surface area contributed by atoms with Gasteiger partial charge in [0.05, 0.1) is 24.8 Å². The number of amides is 2. The molecule has 0 aromatic heterocycles. The summed E-state index contributed by atoms with van der Waals surface area (Å²) in [7, 11) is 0.335. The van der Waals surface area contributed by atoms with Crippen molar-refractivity contribution >= 4 is 27.5 Å². The first-order chi connectivity index (χ1) is 21.2. The molecule has 0 saturated carbocycles. The summed E-state index contributed by atoms with van der Waals surface area (Å²) in [6.45, 7) is 1.34. The fourth-order valence-electron chi connectivity index (χ4n) is 4.82. The summed E-state index contributed by atoms with van der Waals surface area (Å²) in [5, 5.41) is 2.68. The standard InChI is InChI=1S/C34H37N3O6S/c1-25-16-18-31(19-17-25)44(40,41)37(28-13-9-15-30(22-28)43-4)24-33(38)36(23-27-12-8-14-29(20-27)42-3)32(34(39)35-2)21-26-10-6-5-7-11-26/h5-20,22,32H,21,23-24H2,1-4H3,(H,35,39)/t32-/m1/s1. The maximum absolute atomic E-state index is 14.4. The largest absolute Gasteiger partial charge is 0.497 e. The molecule has 0 spiro atoms. The lowest BCUT2D eigenvalue weighted by atomic mass is 10.0. The molecule has 0 saturated heterocycles. The predicted octanol–water partition coefficient (Wildman–Crippen LogP) is 4.59. The van der Waals surface area contributed by atoms with E-state index in [1.165, 1.54) is 31.2 Å². The number of aryl methyl sites for hydroxylation is 1. The molecule has 230 valence electrons. The van der Waals surface area contributed by atoms with Gasteiger partial charge in [-0.1, -0.05) is 66.2 Å². The second-order valence-corrected chi connectivity index (χ2v) is 12.1. The van der Waals surface area contributed by atoms with Crippen LogP contribution in [0.15, 0.2) is 108 Å². The van der Waals surface area contributed by atoms with Gasteiger partial charge in [-0.3, -0.25) is 13.9 Å². The van der Waals surface area contributed by atoms with Crippen molar-refractivity contribution in [2.45, 2.75) is 30.8 Å². The van der Waals surface area contributed by atoms with Crippen molar-refractivity contribution in [2.75, 3.05) is 32.1 Å². The van der Waals surface area contributed by atoms with Crippen LogP contribution >= 0.6 is 0 Å². The lowest BCUT2D eigenvalue weighted by Crippen LogP contribution is -2.53. The normalized spacial score (nSPS) is 11.7. The van der Waals surface area contributed by atoms with E-state index in [0.717, 1.165) is 15.4 Å². The van der Waals surface area contributed by atoms with Crippen molar-refractivity contribution in [3.8, 4) is 11.5 Å². The number of likely N-dealkylation sites (N-methyl/N-ethyl adjacent to an activating group) is 1. The summed E-state index contributed by atoms with van der Waals surface area (Å²) in [5.74, 6) is 0.0873. The molecule has 0 aliphatic carbocycles. The molecule has 1 N–H and O–H groups in total. The van der Waals surface area contributed by atoms with Crippen molar-refractivity contribution in [2.24, 2.45) is 0 Å². The topological polar surface area (TPSA) is 105 Å². The van der Waals surface area contributed by atoms with Crippen molar-refractivity contribution in [3.05, 3.63) is 120 Å². The number of anilines is 1. The molecule has 4 aromatic carbocycles. The second kappa shape index (κ2) is 14.6. The van der Waals surface area contributed by atoms with Crippen LogP contribution in [0.3, 0.4) is 0 Å². The Labute approximate surface area is 259 Å². The molecule has 0 bridgehead atoms. The van der Waals surface area contributed by atoms with Gasteiger partial charge in [-0.2, -0.15) is 0 Å². The Morgan fingerprint density at radius 3 is 2.05 bits per heavy atom. The Hall–Kier alpha value is -4.83. The smallest absolute Gasteiger partial charge is 0.264 e. The first kappa shape index (κ1) is 32.1. The molecule has 1 atom stereocenters. The van der Waals surface area contributed by atoms with Crippen LogP contribution in [0.4, 0.5) is 5.69 Å². The van der Waals surface area contributed by atoms with Gasteiger partial charge in [-0.15, -0.1) is 0 Å². The molecule has 9 nitrogen and oxygen atoms in total. The maximum Gasteiger partial charge on any atom is 0.264 e. The molecule has 0 fully saturated rings. The van der Waals surface area contributed by atoms with Gasteiger partial charge in [0.2, 0.25) is 11.8 Å². The van der Waals surface area contributed by atoms with Crippen LogP contribution in [0.25, 0.3) is 0 Å². The third-order valence-corrected chi connectivity index (χ3v) is 9.02. The van der Waals surface area contributed by atoms with Gasteiger partial charge < -0.3 is 19.7 Å². The van der Waals surface area contributed by atoms with Crippen LogP contribution in [0.5, 0.6) is 11.5 Å². The number of hydrogen-bond acceptors (Lipinski definition) is 6. The van der Waals surface area contributed by atoms with Gasteiger partial charge in [0.25, 0.3) is 10.0 Å². The molecule has 2 amide bonds. The van der Waals surface area contributed by atoms with Gasteiger partial charge in [0, 0.05) is 26.1 Å². The van der Waals surface area contributed by atoms with E-state index in [2.05, 4.69) is 5.32 Å². The monoisotopic (exact) mass is 615 g/mol. The predicted molar refractivity (Wildman–Crippen MR) is 170 cm³/mol. The average Bonchev–Trinajstić information content (AvgIpc) is 3.05. The Bertz CT molecular complexity index is 1680. The van der Waals surface area contributed by atoms with E-state index in [9.17, 15) is 18.0 Å². The highest BCUT2D eigenvalue weighted by Crippen LogP contribution is 2.28. The van der Waals surface area contributed by atoms with Crippen molar-refractivity contribution < 1.29 is 27.5 Å². The van der Waals surface area contributed by atoms with E-state index in [1.54, 1.807) is 61.7 Å². The molecule has 0 unspecified atom stereocenters. The zero-order valence-corrected chi connectivity index (χ0v) is 26.1. The Kier molecular flexibility index (Phi) is 10.6. The van der Waals surface area contributed by atoms with E-state index < -0.39 is 28.5 Å². The van der Waals surface area contributed by atoms with Gasteiger partial charge in [0.15, 0.2) is 0 Å². The first-order valence-corrected chi connectivity index (χ1v) is 15.5. The van der Waals surface area contributed by atoms with Crippen LogP contribution < -0.4 is 19.1 Å². The van der Waals surface area contributed by atoms with Crippen molar-refractivity contribution in [3.63, 3.8) is 0 Å². The minimum atomic E-state index is -4.21. The molecule has 0 radical (unpaired) electrons. The number of carbonyl (C=O) groups excluding carboxylic acids is 2. The van der Waals surface area contributed by atoms with Crippen LogP contribution in [0.2, 0.25) is 0 Å². The lowest BCUT2D eigenvalue weighted by Gasteiger charge is -2.33. The van der Waals surface area contributed by atoms with Crippen LogP contribution in [-0.4, -0.2) is 59.0 Å².